The highest BCUT2D eigenvalue weighted by Crippen LogP contribution is 2.27. The minimum atomic E-state index is -0.327. The molecule has 0 bridgehead atoms. The zero-order valence-corrected chi connectivity index (χ0v) is 23.5. The maximum Gasteiger partial charge on any atom is 0.259 e. The van der Waals surface area contributed by atoms with Gasteiger partial charge in [-0.2, -0.15) is 0 Å². The van der Waals surface area contributed by atoms with Crippen LogP contribution in [0.3, 0.4) is 0 Å². The van der Waals surface area contributed by atoms with E-state index in [0.717, 1.165) is 5.56 Å². The fourth-order valence-corrected chi connectivity index (χ4v) is 4.21. The van der Waals surface area contributed by atoms with E-state index in [0.29, 0.717) is 51.9 Å². The summed E-state index contributed by atoms with van der Waals surface area (Å²) >= 11 is 6.54. The molecule has 0 saturated heterocycles. The zero-order valence-electron chi connectivity index (χ0n) is 22.7. The van der Waals surface area contributed by atoms with Gasteiger partial charge in [-0.1, -0.05) is 63.5 Å². The molecule has 0 aliphatic carbocycles. The average molecular weight is 525 g/mol. The van der Waals surface area contributed by atoms with Crippen LogP contribution in [-0.2, 0) is 12.0 Å². The van der Waals surface area contributed by atoms with Crippen molar-refractivity contribution in [2.45, 2.75) is 60.4 Å². The highest BCUT2D eigenvalue weighted by molar-refractivity contribution is 6.31. The molecule has 198 valence electrons. The van der Waals surface area contributed by atoms with Crippen molar-refractivity contribution in [3.05, 3.63) is 81.2 Å². The van der Waals surface area contributed by atoms with Gasteiger partial charge in [0.25, 0.3) is 11.8 Å². The second-order valence-corrected chi connectivity index (χ2v) is 11.7. The second kappa shape index (κ2) is 11.1. The van der Waals surface area contributed by atoms with Gasteiger partial charge in [0.1, 0.15) is 11.3 Å². The van der Waals surface area contributed by atoms with E-state index in [2.05, 4.69) is 31.2 Å². The largest absolute Gasteiger partial charge is 0.361 e. The molecular weight excluding hydrogens is 488 g/mol. The summed E-state index contributed by atoms with van der Waals surface area (Å²) < 4.78 is 5.23. The van der Waals surface area contributed by atoms with Crippen LogP contribution in [0.5, 0.6) is 0 Å². The zero-order chi connectivity index (χ0) is 27.5. The van der Waals surface area contributed by atoms with Gasteiger partial charge in [-0.3, -0.25) is 9.59 Å². The van der Waals surface area contributed by atoms with Gasteiger partial charge in [0.05, 0.1) is 5.69 Å². The van der Waals surface area contributed by atoms with Gasteiger partial charge < -0.3 is 20.5 Å². The maximum atomic E-state index is 13.6. The molecule has 0 radical (unpaired) electrons. The number of aromatic nitrogens is 1. The van der Waals surface area contributed by atoms with E-state index in [-0.39, 0.29) is 29.2 Å². The number of halogens is 1. The molecular formula is C29H37ClN4O3. The van der Waals surface area contributed by atoms with E-state index >= 15 is 0 Å². The van der Waals surface area contributed by atoms with Crippen LogP contribution in [0.4, 0.5) is 5.69 Å². The molecule has 1 aromatic heterocycles. The van der Waals surface area contributed by atoms with Gasteiger partial charge in [0, 0.05) is 29.4 Å². The molecule has 0 spiro atoms. The molecule has 3 rings (SSSR count). The van der Waals surface area contributed by atoms with Gasteiger partial charge >= 0.3 is 0 Å². The first-order valence-corrected chi connectivity index (χ1v) is 12.7. The Hall–Kier alpha value is -3.16. The van der Waals surface area contributed by atoms with Crippen LogP contribution in [0.25, 0.3) is 0 Å². The van der Waals surface area contributed by atoms with Gasteiger partial charge in [0.2, 0.25) is 0 Å². The normalized spacial score (nSPS) is 11.9. The molecule has 7 nitrogen and oxygen atoms in total. The third kappa shape index (κ3) is 6.99. The predicted octanol–water partition coefficient (Wildman–Crippen LogP) is 6.12. The number of nitrogens with two attached hydrogens (primary N) is 1. The smallest absolute Gasteiger partial charge is 0.259 e. The molecule has 3 N–H and O–H groups in total. The van der Waals surface area contributed by atoms with E-state index in [1.165, 1.54) is 0 Å². The van der Waals surface area contributed by atoms with Crippen molar-refractivity contribution in [2.75, 3.05) is 18.4 Å². The van der Waals surface area contributed by atoms with E-state index in [9.17, 15) is 9.59 Å². The van der Waals surface area contributed by atoms with Crippen LogP contribution in [0.1, 0.15) is 77.9 Å². The Morgan fingerprint density at radius 3 is 2.24 bits per heavy atom. The number of benzene rings is 2. The summed E-state index contributed by atoms with van der Waals surface area (Å²) in [6, 6.07) is 12.9. The van der Waals surface area contributed by atoms with Crippen LogP contribution in [0.2, 0.25) is 5.02 Å². The standard InChI is InChI=1S/C29H37ClN4O3/c1-18-25(19(2)37-33-18)27(36)34(17-29(6,7)16-31)15-21-14-23(12-13-24(21)30)32-26(35)20-8-10-22(11-9-20)28(3,4)5/h8-14H,15-17,31H2,1-7H3,(H,32,35). The molecule has 0 unspecified atom stereocenters. The van der Waals surface area contributed by atoms with Crippen molar-refractivity contribution in [1.29, 1.82) is 0 Å². The quantitative estimate of drug-likeness (QED) is 0.369. The van der Waals surface area contributed by atoms with Gasteiger partial charge in [-0.25, -0.2) is 0 Å². The Bertz CT molecular complexity index is 1250. The Kier molecular flexibility index (Phi) is 8.50. The first-order chi connectivity index (χ1) is 17.2. The van der Waals surface area contributed by atoms with Gasteiger partial charge in [-0.05, 0) is 72.7 Å². The highest BCUT2D eigenvalue weighted by atomic mass is 35.5. The number of hydrogen-bond donors (Lipinski definition) is 2. The fraction of sp³-hybridized carbons (Fsp3) is 0.414. The summed E-state index contributed by atoms with van der Waals surface area (Å²) in [6.07, 6.45) is 0. The lowest BCUT2D eigenvalue weighted by molar-refractivity contribution is 0.0670. The summed E-state index contributed by atoms with van der Waals surface area (Å²) in [6.45, 7) is 14.9. The minimum Gasteiger partial charge on any atom is -0.361 e. The van der Waals surface area contributed by atoms with Crippen molar-refractivity contribution in [2.24, 2.45) is 11.1 Å². The number of hydrogen-bond acceptors (Lipinski definition) is 5. The monoisotopic (exact) mass is 524 g/mol. The molecule has 0 atom stereocenters. The topological polar surface area (TPSA) is 101 Å². The number of amides is 2. The third-order valence-corrected chi connectivity index (χ3v) is 6.75. The fourth-order valence-electron chi connectivity index (χ4n) is 4.03. The SMILES string of the molecule is Cc1noc(C)c1C(=O)N(Cc1cc(NC(=O)c2ccc(C(C)(C)C)cc2)ccc1Cl)CC(C)(C)CN. The number of nitrogens with zero attached hydrogens (tertiary/aromatic N) is 2. The Morgan fingerprint density at radius 2 is 1.70 bits per heavy atom. The molecule has 1 heterocycles. The van der Waals surface area contributed by atoms with Crippen molar-refractivity contribution >= 4 is 29.1 Å². The number of rotatable bonds is 8. The predicted molar refractivity (Wildman–Crippen MR) is 148 cm³/mol. The summed E-state index contributed by atoms with van der Waals surface area (Å²) in [5.74, 6) is 0.0338. The molecule has 0 aliphatic rings. The lowest BCUT2D eigenvalue weighted by atomic mass is 9.87. The number of aryl methyl sites for hydroxylation is 2. The lowest BCUT2D eigenvalue weighted by Crippen LogP contribution is -2.42. The second-order valence-electron chi connectivity index (χ2n) is 11.3. The molecule has 2 amide bonds. The maximum absolute atomic E-state index is 13.6. The number of nitrogens with one attached hydrogen (secondary N) is 1. The van der Waals surface area contributed by atoms with Gasteiger partial charge in [0.15, 0.2) is 0 Å². The Balaban J connectivity index is 1.86. The molecule has 8 heteroatoms. The van der Waals surface area contributed by atoms with Crippen LogP contribution in [-0.4, -0.2) is 35.0 Å². The summed E-state index contributed by atoms with van der Waals surface area (Å²) in [4.78, 5) is 28.2. The Labute approximate surface area is 224 Å². The van der Waals surface area contributed by atoms with Crippen LogP contribution in [0.15, 0.2) is 47.0 Å². The van der Waals surface area contributed by atoms with Crippen LogP contribution in [0, 0.1) is 19.3 Å². The lowest BCUT2D eigenvalue weighted by Gasteiger charge is -2.32. The summed E-state index contributed by atoms with van der Waals surface area (Å²) in [5.41, 5.74) is 9.63. The Morgan fingerprint density at radius 1 is 1.05 bits per heavy atom. The molecule has 37 heavy (non-hydrogen) atoms. The first-order valence-electron chi connectivity index (χ1n) is 12.3. The van der Waals surface area contributed by atoms with E-state index in [1.54, 1.807) is 36.9 Å². The van der Waals surface area contributed by atoms with Crippen LogP contribution >= 0.6 is 11.6 Å². The highest BCUT2D eigenvalue weighted by Gasteiger charge is 2.29. The first kappa shape index (κ1) is 28.4. The minimum absolute atomic E-state index is 0.00542. The molecule has 2 aromatic carbocycles. The number of carbonyl (C=O) groups excluding carboxylic acids is 2. The number of anilines is 1. The summed E-state index contributed by atoms with van der Waals surface area (Å²) in [5, 5.41) is 7.38. The van der Waals surface area contributed by atoms with E-state index in [1.807, 2.05) is 38.1 Å². The van der Waals surface area contributed by atoms with E-state index < -0.39 is 0 Å². The molecule has 0 aliphatic heterocycles. The van der Waals surface area contributed by atoms with Crippen molar-refractivity contribution in [3.8, 4) is 0 Å². The summed E-state index contributed by atoms with van der Waals surface area (Å²) in [7, 11) is 0. The van der Waals surface area contributed by atoms with Gasteiger partial charge in [-0.15, -0.1) is 0 Å². The third-order valence-electron chi connectivity index (χ3n) is 6.38. The van der Waals surface area contributed by atoms with Crippen molar-refractivity contribution in [1.82, 2.24) is 10.1 Å². The molecule has 0 saturated carbocycles. The molecule has 3 aromatic rings. The van der Waals surface area contributed by atoms with Crippen LogP contribution < -0.4 is 11.1 Å². The van der Waals surface area contributed by atoms with Crippen molar-refractivity contribution in [3.63, 3.8) is 0 Å². The molecule has 0 fully saturated rings. The van der Waals surface area contributed by atoms with E-state index in [4.69, 9.17) is 21.9 Å². The van der Waals surface area contributed by atoms with Crippen molar-refractivity contribution < 1.29 is 14.1 Å². The average Bonchev–Trinajstić information content (AvgIpc) is 3.17. The number of carbonyl (C=O) groups is 2.